The molecule has 0 saturated carbocycles. The summed E-state index contributed by atoms with van der Waals surface area (Å²) in [7, 11) is 0. The maximum Gasteiger partial charge on any atom is 0.182 e. The van der Waals surface area contributed by atoms with Crippen LogP contribution in [0.25, 0.3) is 0 Å². The zero-order valence-electron chi connectivity index (χ0n) is 5.79. The number of nitrogens with zero attached hydrogens (tertiary/aromatic N) is 3. The summed E-state index contributed by atoms with van der Waals surface area (Å²) in [5.74, 6) is 0.846. The molecule has 0 fully saturated rings. The number of halogens is 1. The van der Waals surface area contributed by atoms with E-state index in [1.807, 2.05) is 6.07 Å². The molecule has 0 atom stereocenters. The normalized spacial score (nSPS) is 9.45. The quantitative estimate of drug-likeness (QED) is 0.660. The Morgan fingerprint density at radius 2 is 2.55 bits per heavy atom. The fourth-order valence-electron chi connectivity index (χ4n) is 0.747. The summed E-state index contributed by atoms with van der Waals surface area (Å²) in [6.45, 7) is 0.585. The van der Waals surface area contributed by atoms with Crippen LogP contribution in [0.15, 0.2) is 6.33 Å². The van der Waals surface area contributed by atoms with Crippen molar-refractivity contribution in [2.75, 3.05) is 11.6 Å². The van der Waals surface area contributed by atoms with Crippen LogP contribution in [0, 0.1) is 11.3 Å². The van der Waals surface area contributed by atoms with E-state index in [0.717, 1.165) is 0 Å². The van der Waals surface area contributed by atoms with Crippen LogP contribution >= 0.6 is 11.6 Å². The van der Waals surface area contributed by atoms with Crippen molar-refractivity contribution in [2.24, 2.45) is 0 Å². The van der Waals surface area contributed by atoms with Crippen LogP contribution in [0.2, 0.25) is 0 Å². The van der Waals surface area contributed by atoms with Crippen LogP contribution in [0.1, 0.15) is 5.69 Å². The lowest BCUT2D eigenvalue weighted by Crippen LogP contribution is -2.02. The molecule has 1 rings (SSSR count). The SMILES string of the molecule is N#Cc1ncn(CCCl)c1N. The van der Waals surface area contributed by atoms with E-state index in [1.54, 1.807) is 4.57 Å². The Hall–Kier alpha value is -1.21. The van der Waals surface area contributed by atoms with Gasteiger partial charge in [0.05, 0.1) is 6.33 Å². The van der Waals surface area contributed by atoms with Crippen molar-refractivity contribution in [1.29, 1.82) is 5.26 Å². The van der Waals surface area contributed by atoms with Crippen LogP contribution in [0.5, 0.6) is 0 Å². The number of alkyl halides is 1. The monoisotopic (exact) mass is 170 g/mol. The zero-order chi connectivity index (χ0) is 8.27. The predicted molar refractivity (Wildman–Crippen MR) is 42.1 cm³/mol. The van der Waals surface area contributed by atoms with E-state index in [1.165, 1.54) is 6.33 Å². The van der Waals surface area contributed by atoms with E-state index in [2.05, 4.69) is 4.98 Å². The van der Waals surface area contributed by atoms with Gasteiger partial charge in [-0.05, 0) is 0 Å². The molecular formula is C6H7ClN4. The Balaban J connectivity index is 2.93. The largest absolute Gasteiger partial charge is 0.383 e. The minimum atomic E-state index is 0.259. The van der Waals surface area contributed by atoms with E-state index in [0.29, 0.717) is 18.2 Å². The number of imidazole rings is 1. The average Bonchev–Trinajstić information content (AvgIpc) is 2.34. The van der Waals surface area contributed by atoms with Gasteiger partial charge in [-0.15, -0.1) is 11.6 Å². The van der Waals surface area contributed by atoms with Crippen molar-refractivity contribution >= 4 is 17.4 Å². The molecule has 1 aromatic rings. The first-order chi connectivity index (χ1) is 5.29. The molecule has 0 amide bonds. The smallest absolute Gasteiger partial charge is 0.182 e. The third-order valence-electron chi connectivity index (χ3n) is 1.31. The highest BCUT2D eigenvalue weighted by Crippen LogP contribution is 2.07. The summed E-state index contributed by atoms with van der Waals surface area (Å²) in [6.07, 6.45) is 1.51. The highest BCUT2D eigenvalue weighted by atomic mass is 35.5. The standard InChI is InChI=1S/C6H7ClN4/c7-1-2-11-4-10-5(3-8)6(11)9/h4H,1-2,9H2. The first kappa shape index (κ1) is 7.89. The Bertz CT molecular complexity index is 285. The maximum absolute atomic E-state index is 8.46. The second-order valence-electron chi connectivity index (χ2n) is 1.97. The van der Waals surface area contributed by atoms with E-state index >= 15 is 0 Å². The maximum atomic E-state index is 8.46. The first-order valence-electron chi connectivity index (χ1n) is 3.06. The Kier molecular flexibility index (Phi) is 2.34. The van der Waals surface area contributed by atoms with Crippen LogP contribution in [0.4, 0.5) is 5.82 Å². The lowest BCUT2D eigenvalue weighted by Gasteiger charge is -1.98. The molecule has 1 aromatic heterocycles. The van der Waals surface area contributed by atoms with Gasteiger partial charge in [0.15, 0.2) is 5.69 Å². The van der Waals surface area contributed by atoms with Gasteiger partial charge in [-0.3, -0.25) is 0 Å². The van der Waals surface area contributed by atoms with Crippen molar-refractivity contribution in [3.05, 3.63) is 12.0 Å². The molecule has 0 aliphatic carbocycles. The third-order valence-corrected chi connectivity index (χ3v) is 1.48. The van der Waals surface area contributed by atoms with Gasteiger partial charge in [0.25, 0.3) is 0 Å². The van der Waals surface area contributed by atoms with Crippen LogP contribution in [-0.4, -0.2) is 15.4 Å². The molecule has 4 nitrogen and oxygen atoms in total. The predicted octanol–water partition coefficient (Wildman–Crippen LogP) is 0.576. The van der Waals surface area contributed by atoms with Crippen molar-refractivity contribution < 1.29 is 0 Å². The lowest BCUT2D eigenvalue weighted by atomic mass is 10.5. The average molecular weight is 171 g/mol. The van der Waals surface area contributed by atoms with Gasteiger partial charge in [-0.2, -0.15) is 5.26 Å². The van der Waals surface area contributed by atoms with E-state index in [4.69, 9.17) is 22.6 Å². The minimum Gasteiger partial charge on any atom is -0.383 e. The lowest BCUT2D eigenvalue weighted by molar-refractivity contribution is 0.777. The van der Waals surface area contributed by atoms with Crippen molar-refractivity contribution in [3.8, 4) is 6.07 Å². The number of aromatic nitrogens is 2. The number of hydrogen-bond acceptors (Lipinski definition) is 3. The molecule has 0 unspecified atom stereocenters. The van der Waals surface area contributed by atoms with Gasteiger partial charge in [0, 0.05) is 12.4 Å². The van der Waals surface area contributed by atoms with Gasteiger partial charge in [0.1, 0.15) is 11.9 Å². The number of hydrogen-bond donors (Lipinski definition) is 1. The van der Waals surface area contributed by atoms with E-state index < -0.39 is 0 Å². The molecule has 58 valence electrons. The Labute approximate surface area is 69.2 Å². The molecule has 0 bridgehead atoms. The van der Waals surface area contributed by atoms with Gasteiger partial charge < -0.3 is 10.3 Å². The second kappa shape index (κ2) is 3.26. The molecule has 0 spiro atoms. The van der Waals surface area contributed by atoms with E-state index in [9.17, 15) is 0 Å². The molecule has 0 aliphatic heterocycles. The first-order valence-corrected chi connectivity index (χ1v) is 3.59. The highest BCUT2D eigenvalue weighted by Gasteiger charge is 2.04. The molecule has 2 N–H and O–H groups in total. The number of rotatable bonds is 2. The summed E-state index contributed by atoms with van der Waals surface area (Å²) >= 11 is 5.47. The van der Waals surface area contributed by atoms with Gasteiger partial charge in [0.2, 0.25) is 0 Å². The Morgan fingerprint density at radius 1 is 1.82 bits per heavy atom. The fraction of sp³-hybridized carbons (Fsp3) is 0.333. The molecule has 0 saturated heterocycles. The molecule has 11 heavy (non-hydrogen) atoms. The van der Waals surface area contributed by atoms with Gasteiger partial charge >= 0.3 is 0 Å². The highest BCUT2D eigenvalue weighted by molar-refractivity contribution is 6.17. The summed E-state index contributed by atoms with van der Waals surface area (Å²) in [5.41, 5.74) is 5.78. The molecule has 1 heterocycles. The zero-order valence-corrected chi connectivity index (χ0v) is 6.54. The van der Waals surface area contributed by atoms with Crippen molar-refractivity contribution in [1.82, 2.24) is 9.55 Å². The van der Waals surface area contributed by atoms with Crippen molar-refractivity contribution in [2.45, 2.75) is 6.54 Å². The second-order valence-corrected chi connectivity index (χ2v) is 2.35. The third kappa shape index (κ3) is 1.44. The van der Waals surface area contributed by atoms with Crippen LogP contribution < -0.4 is 5.73 Å². The summed E-state index contributed by atoms with van der Waals surface area (Å²) < 4.78 is 1.64. The number of anilines is 1. The molecule has 0 radical (unpaired) electrons. The van der Waals surface area contributed by atoms with Gasteiger partial charge in [-0.25, -0.2) is 4.98 Å². The topological polar surface area (TPSA) is 67.6 Å². The summed E-state index contributed by atoms with van der Waals surface area (Å²) in [5, 5.41) is 8.46. The molecule has 0 aliphatic rings. The van der Waals surface area contributed by atoms with Crippen LogP contribution in [0.3, 0.4) is 0 Å². The fourth-order valence-corrected chi connectivity index (χ4v) is 0.929. The number of nitriles is 1. The Morgan fingerprint density at radius 3 is 3.00 bits per heavy atom. The number of nitrogen functional groups attached to an aromatic ring is 1. The van der Waals surface area contributed by atoms with Crippen molar-refractivity contribution in [3.63, 3.8) is 0 Å². The number of nitrogens with two attached hydrogens (primary N) is 1. The number of aryl methyl sites for hydroxylation is 1. The van der Waals surface area contributed by atoms with Crippen LogP contribution in [-0.2, 0) is 6.54 Å². The molecular weight excluding hydrogens is 164 g/mol. The van der Waals surface area contributed by atoms with Gasteiger partial charge in [-0.1, -0.05) is 0 Å². The van der Waals surface area contributed by atoms with E-state index in [-0.39, 0.29) is 5.69 Å². The summed E-state index contributed by atoms with van der Waals surface area (Å²) in [6, 6.07) is 1.87. The minimum absolute atomic E-state index is 0.259. The molecule has 5 heteroatoms. The summed E-state index contributed by atoms with van der Waals surface area (Å²) in [4.78, 5) is 3.77. The molecule has 0 aromatic carbocycles.